The third-order valence-electron chi connectivity index (χ3n) is 4.24. The minimum Gasteiger partial charge on any atom is -0.492 e. The van der Waals surface area contributed by atoms with Gasteiger partial charge in [0, 0.05) is 12.8 Å². The van der Waals surface area contributed by atoms with Gasteiger partial charge < -0.3 is 19.5 Å². The third-order valence-corrected chi connectivity index (χ3v) is 4.24. The van der Waals surface area contributed by atoms with E-state index in [4.69, 9.17) is 14.2 Å². The van der Waals surface area contributed by atoms with E-state index in [1.165, 1.54) is 7.11 Å². The summed E-state index contributed by atoms with van der Waals surface area (Å²) in [6.45, 7) is 10.4. The quantitative estimate of drug-likeness (QED) is 0.576. The fourth-order valence-electron chi connectivity index (χ4n) is 2.44. The Kier molecular flexibility index (Phi) is 9.29. The monoisotopic (exact) mass is 379 g/mol. The van der Waals surface area contributed by atoms with E-state index in [1.54, 1.807) is 32.0 Å². The lowest BCUT2D eigenvalue weighted by atomic mass is 9.97. The minimum absolute atomic E-state index is 0.246. The minimum atomic E-state index is -0.924. The number of nitrogens with one attached hydrogen (secondary N) is 1. The van der Waals surface area contributed by atoms with Gasteiger partial charge in [-0.2, -0.15) is 0 Å². The zero-order valence-corrected chi connectivity index (χ0v) is 17.4. The number of hydrogen-bond acceptors (Lipinski definition) is 5. The lowest BCUT2D eigenvalue weighted by molar-refractivity contribution is -0.136. The van der Waals surface area contributed by atoms with Crippen molar-refractivity contribution in [2.24, 2.45) is 5.92 Å². The number of hydrogen-bond donors (Lipinski definition) is 1. The largest absolute Gasteiger partial charge is 0.492 e. The van der Waals surface area contributed by atoms with Crippen molar-refractivity contribution >= 4 is 17.6 Å². The Hall–Kier alpha value is -2.08. The highest BCUT2D eigenvalue weighted by Gasteiger charge is 2.32. The SMILES string of the molecule is CCCC[C@@](C)(OC)C(=O)Nc1ccc(OCC(C)C)c(C(=O)OCC)c1. The molecule has 0 saturated carbocycles. The summed E-state index contributed by atoms with van der Waals surface area (Å²) in [7, 11) is 1.53. The Labute approximate surface area is 162 Å². The van der Waals surface area contributed by atoms with Crippen LogP contribution in [0.2, 0.25) is 0 Å². The van der Waals surface area contributed by atoms with Gasteiger partial charge in [0.1, 0.15) is 16.9 Å². The second-order valence-electron chi connectivity index (χ2n) is 7.13. The fraction of sp³-hybridized carbons (Fsp3) is 0.619. The van der Waals surface area contributed by atoms with Crippen LogP contribution in [0.4, 0.5) is 5.69 Å². The zero-order valence-electron chi connectivity index (χ0n) is 17.4. The number of benzene rings is 1. The van der Waals surface area contributed by atoms with Crippen molar-refractivity contribution in [2.45, 2.75) is 59.5 Å². The first kappa shape index (κ1) is 23.0. The molecule has 1 aromatic carbocycles. The number of carbonyl (C=O) groups excluding carboxylic acids is 2. The summed E-state index contributed by atoms with van der Waals surface area (Å²) in [5.41, 5.74) is -0.130. The maximum atomic E-state index is 12.7. The van der Waals surface area contributed by atoms with Crippen molar-refractivity contribution in [2.75, 3.05) is 25.6 Å². The first-order valence-corrected chi connectivity index (χ1v) is 9.57. The van der Waals surface area contributed by atoms with Gasteiger partial charge >= 0.3 is 5.97 Å². The standard InChI is InChI=1S/C21H33NO5/c1-7-9-12-21(5,25-6)20(24)22-16-10-11-18(27-14-15(3)4)17(13-16)19(23)26-8-2/h10-11,13,15H,7-9,12,14H2,1-6H3,(H,22,24)/t21-/m1/s1. The van der Waals surface area contributed by atoms with Crippen LogP contribution in [0.15, 0.2) is 18.2 Å². The number of rotatable bonds is 11. The van der Waals surface area contributed by atoms with Crippen LogP contribution in [-0.4, -0.2) is 37.8 Å². The van der Waals surface area contributed by atoms with Crippen molar-refractivity contribution in [3.05, 3.63) is 23.8 Å². The molecule has 0 heterocycles. The second kappa shape index (κ2) is 10.9. The molecule has 1 N–H and O–H groups in total. The average molecular weight is 379 g/mol. The summed E-state index contributed by atoms with van der Waals surface area (Å²) in [4.78, 5) is 25.0. The normalized spacial score (nSPS) is 13.1. The smallest absolute Gasteiger partial charge is 0.341 e. The molecular weight excluding hydrogens is 346 g/mol. The van der Waals surface area contributed by atoms with Crippen molar-refractivity contribution in [1.29, 1.82) is 0 Å². The molecule has 0 spiro atoms. The molecule has 0 aromatic heterocycles. The van der Waals surface area contributed by atoms with Crippen molar-refractivity contribution in [3.8, 4) is 5.75 Å². The lowest BCUT2D eigenvalue weighted by Crippen LogP contribution is -2.42. The molecule has 0 aliphatic carbocycles. The van der Waals surface area contributed by atoms with Crippen molar-refractivity contribution in [3.63, 3.8) is 0 Å². The van der Waals surface area contributed by atoms with E-state index >= 15 is 0 Å². The van der Waals surface area contributed by atoms with Crippen LogP contribution >= 0.6 is 0 Å². The highest BCUT2D eigenvalue weighted by molar-refractivity contribution is 5.99. The molecule has 1 aromatic rings. The van der Waals surface area contributed by atoms with Crippen LogP contribution < -0.4 is 10.1 Å². The van der Waals surface area contributed by atoms with E-state index in [0.717, 1.165) is 12.8 Å². The number of methoxy groups -OCH3 is 1. The first-order chi connectivity index (χ1) is 12.8. The third kappa shape index (κ3) is 6.86. The van der Waals surface area contributed by atoms with Gasteiger partial charge in [-0.3, -0.25) is 4.79 Å². The molecule has 27 heavy (non-hydrogen) atoms. The summed E-state index contributed by atoms with van der Waals surface area (Å²) >= 11 is 0. The number of amides is 1. The summed E-state index contributed by atoms with van der Waals surface area (Å²) in [5.74, 6) is 0.0398. The molecule has 6 nitrogen and oxygen atoms in total. The number of carbonyl (C=O) groups is 2. The van der Waals surface area contributed by atoms with Gasteiger partial charge in [-0.15, -0.1) is 0 Å². The summed E-state index contributed by atoms with van der Waals surface area (Å²) in [5, 5.41) is 2.84. The van der Waals surface area contributed by atoms with Crippen LogP contribution in [0.3, 0.4) is 0 Å². The van der Waals surface area contributed by atoms with Crippen LogP contribution in [0.1, 0.15) is 64.2 Å². The van der Waals surface area contributed by atoms with E-state index in [1.807, 2.05) is 13.8 Å². The number of esters is 1. The molecule has 0 aliphatic heterocycles. The predicted molar refractivity (Wildman–Crippen MR) is 106 cm³/mol. The van der Waals surface area contributed by atoms with Crippen molar-refractivity contribution in [1.82, 2.24) is 0 Å². The lowest BCUT2D eigenvalue weighted by Gasteiger charge is -2.27. The van der Waals surface area contributed by atoms with E-state index in [0.29, 0.717) is 35.9 Å². The Morgan fingerprint density at radius 1 is 1.22 bits per heavy atom. The maximum Gasteiger partial charge on any atom is 0.341 e. The van der Waals surface area contributed by atoms with Crippen LogP contribution in [0.5, 0.6) is 5.75 Å². The van der Waals surface area contributed by atoms with Gasteiger partial charge in [-0.25, -0.2) is 4.79 Å². The van der Waals surface area contributed by atoms with Crippen molar-refractivity contribution < 1.29 is 23.8 Å². The van der Waals surface area contributed by atoms with E-state index < -0.39 is 11.6 Å². The average Bonchev–Trinajstić information content (AvgIpc) is 2.64. The Morgan fingerprint density at radius 2 is 1.93 bits per heavy atom. The highest BCUT2D eigenvalue weighted by atomic mass is 16.5. The first-order valence-electron chi connectivity index (χ1n) is 9.57. The van der Waals surface area contributed by atoms with Crippen LogP contribution in [-0.2, 0) is 14.3 Å². The predicted octanol–water partition coefficient (Wildman–Crippen LogP) is 4.43. The molecule has 152 valence electrons. The molecule has 1 rings (SSSR count). The fourth-order valence-corrected chi connectivity index (χ4v) is 2.44. The molecule has 1 atom stereocenters. The molecule has 1 amide bonds. The molecule has 0 fully saturated rings. The molecular formula is C21H33NO5. The molecule has 0 saturated heterocycles. The van der Waals surface area contributed by atoms with Gasteiger partial charge in [-0.1, -0.05) is 33.6 Å². The van der Waals surface area contributed by atoms with E-state index in [2.05, 4.69) is 12.2 Å². The molecule has 0 bridgehead atoms. The molecule has 6 heteroatoms. The number of ether oxygens (including phenoxy) is 3. The maximum absolute atomic E-state index is 12.7. The van der Waals surface area contributed by atoms with Gasteiger partial charge in [0.2, 0.25) is 0 Å². The summed E-state index contributed by atoms with van der Waals surface area (Å²) < 4.78 is 16.3. The molecule has 0 aliphatic rings. The topological polar surface area (TPSA) is 73.9 Å². The zero-order chi connectivity index (χ0) is 20.4. The van der Waals surface area contributed by atoms with E-state index in [9.17, 15) is 9.59 Å². The van der Waals surface area contributed by atoms with Gasteiger partial charge in [0.15, 0.2) is 0 Å². The number of unbranched alkanes of at least 4 members (excludes halogenated alkanes) is 1. The van der Waals surface area contributed by atoms with Gasteiger partial charge in [-0.05, 0) is 44.4 Å². The van der Waals surface area contributed by atoms with Gasteiger partial charge in [0.05, 0.1) is 13.2 Å². The van der Waals surface area contributed by atoms with Crippen LogP contribution in [0.25, 0.3) is 0 Å². The Balaban J connectivity index is 3.05. The Bertz CT molecular complexity index is 629. The van der Waals surface area contributed by atoms with Gasteiger partial charge in [0.25, 0.3) is 5.91 Å². The molecule has 0 unspecified atom stereocenters. The second-order valence-corrected chi connectivity index (χ2v) is 7.13. The summed E-state index contributed by atoms with van der Waals surface area (Å²) in [6, 6.07) is 4.98. The highest BCUT2D eigenvalue weighted by Crippen LogP contribution is 2.26. The Morgan fingerprint density at radius 3 is 2.48 bits per heavy atom. The van der Waals surface area contributed by atoms with Crippen LogP contribution in [0, 0.1) is 5.92 Å². The van der Waals surface area contributed by atoms with E-state index in [-0.39, 0.29) is 12.5 Å². The summed E-state index contributed by atoms with van der Waals surface area (Å²) in [6.07, 6.45) is 2.47. The molecule has 0 radical (unpaired) electrons. The number of anilines is 1.